The molecule has 0 radical (unpaired) electrons. The highest BCUT2D eigenvalue weighted by Gasteiger charge is 2.23. The van der Waals surface area contributed by atoms with Gasteiger partial charge in [0.1, 0.15) is 22.3 Å². The number of para-hydroxylation sites is 1. The van der Waals surface area contributed by atoms with Crippen molar-refractivity contribution in [1.29, 1.82) is 0 Å². The third-order valence-electron chi connectivity index (χ3n) is 10.8. The van der Waals surface area contributed by atoms with Crippen LogP contribution in [0.5, 0.6) is 0 Å². The quantitative estimate of drug-likeness (QED) is 0.172. The van der Waals surface area contributed by atoms with E-state index in [0.29, 0.717) is 0 Å². The van der Waals surface area contributed by atoms with E-state index in [4.69, 9.17) is 8.83 Å². The molecule has 0 bridgehead atoms. The molecule has 3 heteroatoms. The van der Waals surface area contributed by atoms with Crippen LogP contribution < -0.4 is 0 Å². The molecule has 0 aliphatic rings. The van der Waals surface area contributed by atoms with Crippen LogP contribution in [0.4, 0.5) is 0 Å². The highest BCUT2D eigenvalue weighted by atomic mass is 32.1. The summed E-state index contributed by atoms with van der Waals surface area (Å²) in [6.07, 6.45) is 0. The minimum atomic E-state index is 0.855. The average Bonchev–Trinajstić information content (AvgIpc) is 3.88. The second-order valence-electron chi connectivity index (χ2n) is 13.5. The van der Waals surface area contributed by atoms with Crippen molar-refractivity contribution in [2.45, 2.75) is 0 Å². The van der Waals surface area contributed by atoms with Crippen LogP contribution in [-0.2, 0) is 0 Å². The third-order valence-corrected chi connectivity index (χ3v) is 12.1. The summed E-state index contributed by atoms with van der Waals surface area (Å²) in [5.41, 5.74) is 8.40. The molecule has 0 atom stereocenters. The first-order chi connectivity index (χ1) is 25.3. The van der Waals surface area contributed by atoms with Crippen LogP contribution in [0.15, 0.2) is 167 Å². The summed E-state index contributed by atoms with van der Waals surface area (Å²) in [6.45, 7) is 0. The zero-order chi connectivity index (χ0) is 33.2. The van der Waals surface area contributed by atoms with Crippen molar-refractivity contribution < 1.29 is 8.83 Å². The molecule has 0 amide bonds. The van der Waals surface area contributed by atoms with E-state index in [9.17, 15) is 0 Å². The fourth-order valence-corrected chi connectivity index (χ4v) is 9.95. The summed E-state index contributed by atoms with van der Waals surface area (Å²) in [5, 5.41) is 14.2. The zero-order valence-electron chi connectivity index (χ0n) is 27.2. The monoisotopic (exact) mass is 666 g/mol. The van der Waals surface area contributed by atoms with Crippen LogP contribution >= 0.6 is 11.3 Å². The van der Waals surface area contributed by atoms with Gasteiger partial charge in [0.25, 0.3) is 0 Å². The summed E-state index contributed by atoms with van der Waals surface area (Å²) in [7, 11) is 0. The van der Waals surface area contributed by atoms with E-state index in [1.807, 2.05) is 17.4 Å². The number of thiophene rings is 1. The molecule has 0 unspecified atom stereocenters. The lowest BCUT2D eigenvalue weighted by atomic mass is 9.85. The highest BCUT2D eigenvalue weighted by Crippen LogP contribution is 2.49. The molecule has 12 rings (SSSR count). The Hall–Kier alpha value is -6.42. The SMILES string of the molecule is c1ccc2c(c1)oc1c2c2ccccc2c2oc3cc(-c4c5ccccc5c(-c5cccc6c5sc5ccccc56)c5ccccc45)ccc3c21. The van der Waals surface area contributed by atoms with Crippen LogP contribution in [0.2, 0.25) is 0 Å². The summed E-state index contributed by atoms with van der Waals surface area (Å²) in [6, 6.07) is 56.9. The summed E-state index contributed by atoms with van der Waals surface area (Å²) < 4.78 is 16.1. The standard InChI is InChI=1S/C48H26O2S/c1-3-15-31-29(13-1)42(30-14-2-4-16-32(30)43(31)38-21-11-20-35-28-12-8-10-23-41(28)51-48(35)38)27-24-25-37-40(26-27)50-46-34-18-6-5-17-33(34)44-36-19-7-9-22-39(36)49-47(44)45(37)46/h1-26H. The van der Waals surface area contributed by atoms with E-state index in [0.717, 1.165) is 60.2 Å². The fourth-order valence-electron chi connectivity index (χ4n) is 8.73. The molecular formula is C48H26O2S. The van der Waals surface area contributed by atoms with E-state index < -0.39 is 0 Å². The molecule has 0 saturated heterocycles. The normalized spacial score (nSPS) is 12.3. The molecule has 0 spiro atoms. The molecule has 3 aromatic heterocycles. The maximum atomic E-state index is 6.87. The van der Waals surface area contributed by atoms with Gasteiger partial charge < -0.3 is 8.83 Å². The maximum absolute atomic E-state index is 6.87. The van der Waals surface area contributed by atoms with Crippen LogP contribution in [-0.4, -0.2) is 0 Å². The molecule has 0 aliphatic heterocycles. The van der Waals surface area contributed by atoms with Gasteiger partial charge in [-0.1, -0.05) is 133 Å². The van der Waals surface area contributed by atoms with Crippen molar-refractivity contribution in [1.82, 2.24) is 0 Å². The first kappa shape index (κ1) is 27.4. The number of hydrogen-bond donors (Lipinski definition) is 0. The number of fused-ring (bicyclic) bond motifs is 15. The number of furan rings is 2. The minimum Gasteiger partial charge on any atom is -0.455 e. The number of rotatable bonds is 2. The molecule has 0 N–H and O–H groups in total. The molecule has 236 valence electrons. The zero-order valence-corrected chi connectivity index (χ0v) is 28.1. The Balaban J connectivity index is 1.17. The molecule has 9 aromatic carbocycles. The Labute approximate surface area is 295 Å². The van der Waals surface area contributed by atoms with Crippen molar-refractivity contribution in [2.24, 2.45) is 0 Å². The lowest BCUT2D eigenvalue weighted by Gasteiger charge is -2.18. The van der Waals surface area contributed by atoms with Gasteiger partial charge in [-0.2, -0.15) is 0 Å². The molecule has 0 saturated carbocycles. The highest BCUT2D eigenvalue weighted by molar-refractivity contribution is 7.26. The third kappa shape index (κ3) is 3.65. The topological polar surface area (TPSA) is 26.3 Å². The molecule has 51 heavy (non-hydrogen) atoms. The maximum Gasteiger partial charge on any atom is 0.147 e. The van der Waals surface area contributed by atoms with Gasteiger partial charge in [-0.3, -0.25) is 0 Å². The van der Waals surface area contributed by atoms with E-state index >= 15 is 0 Å². The Morgan fingerprint density at radius 2 is 0.922 bits per heavy atom. The Kier molecular flexibility index (Phi) is 5.41. The Morgan fingerprint density at radius 3 is 1.69 bits per heavy atom. The number of benzene rings is 9. The van der Waals surface area contributed by atoms with E-state index in [2.05, 4.69) is 152 Å². The van der Waals surface area contributed by atoms with Crippen molar-refractivity contribution >= 4 is 108 Å². The van der Waals surface area contributed by atoms with Crippen molar-refractivity contribution in [3.8, 4) is 22.3 Å². The van der Waals surface area contributed by atoms with Gasteiger partial charge in [-0.15, -0.1) is 11.3 Å². The minimum absolute atomic E-state index is 0.855. The van der Waals surface area contributed by atoms with Crippen molar-refractivity contribution in [3.05, 3.63) is 158 Å². The molecule has 0 fully saturated rings. The molecule has 0 aliphatic carbocycles. The van der Waals surface area contributed by atoms with Gasteiger partial charge >= 0.3 is 0 Å². The van der Waals surface area contributed by atoms with E-state index in [-0.39, 0.29) is 0 Å². The van der Waals surface area contributed by atoms with Crippen LogP contribution in [0.3, 0.4) is 0 Å². The van der Waals surface area contributed by atoms with Gasteiger partial charge in [-0.05, 0) is 67.9 Å². The Morgan fingerprint density at radius 1 is 0.353 bits per heavy atom. The fraction of sp³-hybridized carbons (Fsp3) is 0. The second kappa shape index (κ2) is 10.1. The lowest BCUT2D eigenvalue weighted by molar-refractivity contribution is 0.665. The Bertz CT molecular complexity index is 3370. The molecular weight excluding hydrogens is 641 g/mol. The first-order valence-electron chi connectivity index (χ1n) is 17.3. The lowest BCUT2D eigenvalue weighted by Crippen LogP contribution is -1.91. The number of hydrogen-bond acceptors (Lipinski definition) is 3. The summed E-state index contributed by atoms with van der Waals surface area (Å²) in [5.74, 6) is 0. The van der Waals surface area contributed by atoms with Crippen molar-refractivity contribution in [2.75, 3.05) is 0 Å². The predicted molar refractivity (Wildman–Crippen MR) is 217 cm³/mol. The predicted octanol–water partition coefficient (Wildman–Crippen LogP) is 14.6. The van der Waals surface area contributed by atoms with Gasteiger partial charge in [0.05, 0.1) is 5.39 Å². The summed E-state index contributed by atoms with van der Waals surface area (Å²) >= 11 is 1.89. The molecule has 2 nitrogen and oxygen atoms in total. The van der Waals surface area contributed by atoms with Gasteiger partial charge in [0.15, 0.2) is 0 Å². The van der Waals surface area contributed by atoms with Gasteiger partial charge in [0.2, 0.25) is 0 Å². The van der Waals surface area contributed by atoms with Gasteiger partial charge in [0, 0.05) is 47.3 Å². The van der Waals surface area contributed by atoms with E-state index in [1.165, 1.54) is 58.4 Å². The first-order valence-corrected chi connectivity index (χ1v) is 18.2. The van der Waals surface area contributed by atoms with Gasteiger partial charge in [-0.25, -0.2) is 0 Å². The summed E-state index contributed by atoms with van der Waals surface area (Å²) in [4.78, 5) is 0. The van der Waals surface area contributed by atoms with Crippen LogP contribution in [0.1, 0.15) is 0 Å². The smallest absolute Gasteiger partial charge is 0.147 e. The van der Waals surface area contributed by atoms with E-state index in [1.54, 1.807) is 0 Å². The average molecular weight is 667 g/mol. The van der Waals surface area contributed by atoms with Crippen LogP contribution in [0, 0.1) is 0 Å². The molecule has 12 aromatic rings. The van der Waals surface area contributed by atoms with Crippen LogP contribution in [0.25, 0.3) is 119 Å². The second-order valence-corrected chi connectivity index (χ2v) is 14.5. The largest absolute Gasteiger partial charge is 0.455 e. The molecule has 3 heterocycles. The van der Waals surface area contributed by atoms with Crippen molar-refractivity contribution in [3.63, 3.8) is 0 Å².